The lowest BCUT2D eigenvalue weighted by Gasteiger charge is -2.17. The summed E-state index contributed by atoms with van der Waals surface area (Å²) in [6, 6.07) is 12.3. The van der Waals surface area contributed by atoms with Crippen molar-refractivity contribution in [3.05, 3.63) is 58.5 Å². The molecule has 3 aromatic rings. The molecule has 0 saturated carbocycles. The molecule has 0 saturated heterocycles. The molecule has 4 nitrogen and oxygen atoms in total. The number of hydrogen-bond acceptors (Lipinski definition) is 3. The topological polar surface area (TPSA) is 42.7 Å². The summed E-state index contributed by atoms with van der Waals surface area (Å²) < 4.78 is 2.81. The number of hydrogen-bond donors (Lipinski definition) is 1. The Balaban J connectivity index is 2.12. The molecule has 0 aliphatic carbocycles. The number of nitrogens with zero attached hydrogens (tertiary/aromatic N) is 3. The minimum absolute atomic E-state index is 0.0184. The predicted octanol–water partition coefficient (Wildman–Crippen LogP) is 3.43. The van der Waals surface area contributed by atoms with Crippen LogP contribution in [0.4, 0.5) is 0 Å². The van der Waals surface area contributed by atoms with E-state index in [4.69, 9.17) is 4.98 Å². The monoisotopic (exact) mass is 344 g/mol. The van der Waals surface area contributed by atoms with Crippen LogP contribution < -0.4 is 5.32 Å². The molecule has 0 radical (unpaired) electrons. The van der Waals surface area contributed by atoms with Crippen LogP contribution in [0, 0.1) is 0 Å². The maximum Gasteiger partial charge on any atom is 0.0955 e. The van der Waals surface area contributed by atoms with Crippen LogP contribution in [-0.4, -0.2) is 21.3 Å². The van der Waals surface area contributed by atoms with Gasteiger partial charge in [0, 0.05) is 23.1 Å². The standard InChI is InChI=1S/C16H17BrN4/c1-3-18-16(14-8-9-21(2)20-14)15-12(17)10-11-6-4-5-7-13(11)19-15/h4-10,16,18H,3H2,1-2H3. The van der Waals surface area contributed by atoms with Gasteiger partial charge in [-0.05, 0) is 40.7 Å². The second-order valence-electron chi connectivity index (χ2n) is 4.95. The van der Waals surface area contributed by atoms with Crippen molar-refractivity contribution in [2.24, 2.45) is 7.05 Å². The van der Waals surface area contributed by atoms with Gasteiger partial charge >= 0.3 is 0 Å². The number of pyridine rings is 1. The lowest BCUT2D eigenvalue weighted by Crippen LogP contribution is -2.24. The minimum atomic E-state index is -0.0184. The zero-order valence-electron chi connectivity index (χ0n) is 12.0. The number of para-hydroxylation sites is 1. The molecule has 108 valence electrons. The van der Waals surface area contributed by atoms with Gasteiger partial charge in [-0.15, -0.1) is 0 Å². The molecule has 5 heteroatoms. The fourth-order valence-electron chi connectivity index (χ4n) is 2.44. The number of fused-ring (bicyclic) bond motifs is 1. The molecule has 1 N–H and O–H groups in total. The summed E-state index contributed by atoms with van der Waals surface area (Å²) in [6.45, 7) is 2.94. The van der Waals surface area contributed by atoms with Crippen LogP contribution in [0.1, 0.15) is 24.4 Å². The van der Waals surface area contributed by atoms with Crippen molar-refractivity contribution in [3.8, 4) is 0 Å². The van der Waals surface area contributed by atoms with E-state index in [1.165, 1.54) is 0 Å². The molecule has 1 atom stereocenters. The first-order chi connectivity index (χ1) is 10.2. The lowest BCUT2D eigenvalue weighted by molar-refractivity contribution is 0.587. The van der Waals surface area contributed by atoms with Gasteiger partial charge in [0.25, 0.3) is 0 Å². The zero-order valence-corrected chi connectivity index (χ0v) is 13.6. The van der Waals surface area contributed by atoms with Crippen LogP contribution in [-0.2, 0) is 7.05 Å². The number of aromatic nitrogens is 3. The molecule has 3 rings (SSSR count). The van der Waals surface area contributed by atoms with Gasteiger partial charge in [-0.2, -0.15) is 5.10 Å². The second-order valence-corrected chi connectivity index (χ2v) is 5.81. The molecule has 2 heterocycles. The third-order valence-electron chi connectivity index (χ3n) is 3.42. The number of aryl methyl sites for hydroxylation is 1. The largest absolute Gasteiger partial charge is 0.304 e. The molecular formula is C16H17BrN4. The number of halogens is 1. The van der Waals surface area contributed by atoms with Crippen molar-refractivity contribution < 1.29 is 0 Å². The highest BCUT2D eigenvalue weighted by molar-refractivity contribution is 9.10. The van der Waals surface area contributed by atoms with E-state index in [9.17, 15) is 0 Å². The highest BCUT2D eigenvalue weighted by atomic mass is 79.9. The molecule has 21 heavy (non-hydrogen) atoms. The number of rotatable bonds is 4. The Labute approximate surface area is 132 Å². The lowest BCUT2D eigenvalue weighted by atomic mass is 10.1. The molecule has 0 bridgehead atoms. The Hall–Kier alpha value is -1.72. The molecule has 1 aromatic carbocycles. The molecule has 0 aliphatic heterocycles. The zero-order chi connectivity index (χ0) is 14.8. The van der Waals surface area contributed by atoms with Crippen molar-refractivity contribution in [3.63, 3.8) is 0 Å². The van der Waals surface area contributed by atoms with Crippen molar-refractivity contribution in [2.45, 2.75) is 13.0 Å². The van der Waals surface area contributed by atoms with Crippen molar-refractivity contribution in [1.29, 1.82) is 0 Å². The van der Waals surface area contributed by atoms with Gasteiger partial charge < -0.3 is 5.32 Å². The highest BCUT2D eigenvalue weighted by Crippen LogP contribution is 2.29. The molecule has 0 spiro atoms. The second kappa shape index (κ2) is 5.95. The van der Waals surface area contributed by atoms with Gasteiger partial charge in [0.05, 0.1) is 22.9 Å². The normalized spacial score (nSPS) is 12.7. The summed E-state index contributed by atoms with van der Waals surface area (Å²) in [5.74, 6) is 0. The van der Waals surface area contributed by atoms with Crippen LogP contribution in [0.2, 0.25) is 0 Å². The van der Waals surface area contributed by atoms with Crippen LogP contribution in [0.3, 0.4) is 0 Å². The van der Waals surface area contributed by atoms with E-state index >= 15 is 0 Å². The third kappa shape index (κ3) is 2.84. The van der Waals surface area contributed by atoms with E-state index < -0.39 is 0 Å². The first-order valence-electron chi connectivity index (χ1n) is 6.97. The van der Waals surface area contributed by atoms with E-state index in [0.29, 0.717) is 0 Å². The van der Waals surface area contributed by atoms with E-state index in [-0.39, 0.29) is 6.04 Å². The van der Waals surface area contributed by atoms with Crippen molar-refractivity contribution >= 4 is 26.8 Å². The van der Waals surface area contributed by atoms with E-state index in [2.05, 4.69) is 45.4 Å². The van der Waals surface area contributed by atoms with Crippen LogP contribution >= 0.6 is 15.9 Å². The average molecular weight is 345 g/mol. The molecular weight excluding hydrogens is 328 g/mol. The quantitative estimate of drug-likeness (QED) is 0.788. The number of benzene rings is 1. The van der Waals surface area contributed by atoms with Gasteiger partial charge in [0.2, 0.25) is 0 Å². The summed E-state index contributed by atoms with van der Waals surface area (Å²) in [6.07, 6.45) is 1.95. The van der Waals surface area contributed by atoms with Gasteiger partial charge in [-0.3, -0.25) is 4.68 Å². The Morgan fingerprint density at radius 2 is 2.10 bits per heavy atom. The Kier molecular flexibility index (Phi) is 4.03. The van der Waals surface area contributed by atoms with Crippen molar-refractivity contribution in [1.82, 2.24) is 20.1 Å². The van der Waals surface area contributed by atoms with Gasteiger partial charge in [0.1, 0.15) is 0 Å². The summed E-state index contributed by atoms with van der Waals surface area (Å²) in [5, 5.41) is 9.12. The smallest absolute Gasteiger partial charge is 0.0955 e. The van der Waals surface area contributed by atoms with E-state index in [1.807, 2.05) is 42.2 Å². The number of nitrogens with one attached hydrogen (secondary N) is 1. The van der Waals surface area contributed by atoms with Crippen LogP contribution in [0.5, 0.6) is 0 Å². The molecule has 1 unspecified atom stereocenters. The van der Waals surface area contributed by atoms with Gasteiger partial charge in [-0.1, -0.05) is 25.1 Å². The Morgan fingerprint density at radius 3 is 2.81 bits per heavy atom. The fourth-order valence-corrected chi connectivity index (χ4v) is 3.00. The third-order valence-corrected chi connectivity index (χ3v) is 4.05. The first-order valence-corrected chi connectivity index (χ1v) is 7.76. The van der Waals surface area contributed by atoms with E-state index in [1.54, 1.807) is 0 Å². The molecule has 0 aliphatic rings. The Bertz CT molecular complexity index is 766. The van der Waals surface area contributed by atoms with E-state index in [0.717, 1.165) is 33.3 Å². The van der Waals surface area contributed by atoms with Gasteiger partial charge in [-0.25, -0.2) is 4.98 Å². The predicted molar refractivity (Wildman–Crippen MR) is 88.2 cm³/mol. The van der Waals surface area contributed by atoms with Crippen molar-refractivity contribution in [2.75, 3.05) is 6.54 Å². The highest BCUT2D eigenvalue weighted by Gasteiger charge is 2.20. The summed E-state index contributed by atoms with van der Waals surface area (Å²) in [7, 11) is 1.93. The molecule has 2 aromatic heterocycles. The maximum atomic E-state index is 4.82. The van der Waals surface area contributed by atoms with Gasteiger partial charge in [0.15, 0.2) is 0 Å². The first kappa shape index (κ1) is 14.2. The SMILES string of the molecule is CCNC(c1ccn(C)n1)c1nc2ccccc2cc1Br. The minimum Gasteiger partial charge on any atom is -0.304 e. The summed E-state index contributed by atoms with van der Waals surface area (Å²) >= 11 is 3.66. The Morgan fingerprint density at radius 1 is 1.29 bits per heavy atom. The summed E-state index contributed by atoms with van der Waals surface area (Å²) in [5.41, 5.74) is 2.94. The molecule has 0 amide bonds. The van der Waals surface area contributed by atoms with Crippen LogP contribution in [0.25, 0.3) is 10.9 Å². The van der Waals surface area contributed by atoms with Crippen LogP contribution in [0.15, 0.2) is 47.1 Å². The average Bonchev–Trinajstić information content (AvgIpc) is 2.91. The molecule has 0 fully saturated rings. The maximum absolute atomic E-state index is 4.82. The fraction of sp³-hybridized carbons (Fsp3) is 0.250. The summed E-state index contributed by atoms with van der Waals surface area (Å²) in [4.78, 5) is 4.82.